The van der Waals surface area contributed by atoms with Gasteiger partial charge in [-0.05, 0) is 6.07 Å². The summed E-state index contributed by atoms with van der Waals surface area (Å²) in [5, 5.41) is 13.4. The maximum Gasteiger partial charge on any atom is 0.311 e. The molecule has 15 heavy (non-hydrogen) atoms. The quantitative estimate of drug-likeness (QED) is 0.421. The van der Waals surface area contributed by atoms with E-state index in [2.05, 4.69) is 10.3 Å². The van der Waals surface area contributed by atoms with Crippen molar-refractivity contribution in [2.24, 2.45) is 0 Å². The fraction of sp³-hybridized carbons (Fsp3) is 0.375. The number of nitrogens with zero attached hydrogens (tertiary/aromatic N) is 2. The van der Waals surface area contributed by atoms with Crippen LogP contribution in [0, 0.1) is 10.1 Å². The van der Waals surface area contributed by atoms with Crippen molar-refractivity contribution in [3.63, 3.8) is 0 Å². The van der Waals surface area contributed by atoms with E-state index in [0.717, 1.165) is 0 Å². The van der Waals surface area contributed by atoms with Crippen molar-refractivity contribution in [1.29, 1.82) is 0 Å². The fourth-order valence-corrected chi connectivity index (χ4v) is 1.00. The van der Waals surface area contributed by atoms with Crippen LogP contribution in [0.15, 0.2) is 12.1 Å². The molecule has 1 aromatic heterocycles. The van der Waals surface area contributed by atoms with Crippen molar-refractivity contribution >= 4 is 17.3 Å². The summed E-state index contributed by atoms with van der Waals surface area (Å²) < 4.78 is 4.83. The van der Waals surface area contributed by atoms with Gasteiger partial charge in [0.15, 0.2) is 0 Å². The van der Waals surface area contributed by atoms with Crippen LogP contribution in [0.5, 0.6) is 0 Å². The minimum atomic E-state index is -0.568. The highest BCUT2D eigenvalue weighted by Crippen LogP contribution is 2.20. The Balaban J connectivity index is 2.69. The van der Waals surface area contributed by atoms with Gasteiger partial charge in [0.2, 0.25) is 5.82 Å². The number of nitrogens with two attached hydrogens (primary N) is 1. The maximum absolute atomic E-state index is 10.4. The molecule has 0 bridgehead atoms. The van der Waals surface area contributed by atoms with E-state index in [9.17, 15) is 10.1 Å². The Bertz CT molecular complexity index is 356. The zero-order valence-electron chi connectivity index (χ0n) is 8.27. The number of pyridine rings is 1. The summed E-state index contributed by atoms with van der Waals surface area (Å²) in [6.45, 7) is 1.10. The van der Waals surface area contributed by atoms with Crippen LogP contribution in [0.4, 0.5) is 17.3 Å². The lowest BCUT2D eigenvalue weighted by atomic mass is 10.4. The number of hydrogen-bond acceptors (Lipinski definition) is 6. The molecule has 0 aliphatic carbocycles. The number of ether oxygens (including phenoxy) is 1. The molecule has 3 N–H and O–H groups in total. The van der Waals surface area contributed by atoms with Crippen LogP contribution in [-0.4, -0.2) is 30.2 Å². The second-order valence-electron chi connectivity index (χ2n) is 2.78. The first kappa shape index (κ1) is 11.2. The zero-order valence-corrected chi connectivity index (χ0v) is 8.27. The molecule has 0 aliphatic heterocycles. The van der Waals surface area contributed by atoms with Crippen molar-refractivity contribution in [2.45, 2.75) is 0 Å². The Labute approximate surface area is 86.4 Å². The molecule has 0 aliphatic rings. The lowest BCUT2D eigenvalue weighted by Crippen LogP contribution is -2.10. The molecule has 1 aromatic rings. The molecule has 1 rings (SSSR count). The van der Waals surface area contributed by atoms with Crippen LogP contribution >= 0.6 is 0 Å². The lowest BCUT2D eigenvalue weighted by molar-refractivity contribution is -0.384. The number of nitrogen functional groups attached to an aromatic ring is 1. The molecule has 7 heteroatoms. The normalized spacial score (nSPS) is 9.93. The predicted octanol–water partition coefficient (Wildman–Crippen LogP) is 0.630. The van der Waals surface area contributed by atoms with Gasteiger partial charge in [0, 0.05) is 19.7 Å². The first-order chi connectivity index (χ1) is 7.15. The Kier molecular flexibility index (Phi) is 3.81. The molecule has 0 spiro atoms. The van der Waals surface area contributed by atoms with Crippen molar-refractivity contribution in [1.82, 2.24) is 4.98 Å². The van der Waals surface area contributed by atoms with Gasteiger partial charge in [-0.3, -0.25) is 10.1 Å². The summed E-state index contributed by atoms with van der Waals surface area (Å²) in [6.07, 6.45) is 0. The average molecular weight is 212 g/mol. The molecule has 0 saturated carbocycles. The minimum absolute atomic E-state index is 0.0950. The summed E-state index contributed by atoms with van der Waals surface area (Å²) in [5.74, 6) is 0.401. The van der Waals surface area contributed by atoms with E-state index in [4.69, 9.17) is 10.5 Å². The number of rotatable bonds is 5. The van der Waals surface area contributed by atoms with Gasteiger partial charge in [-0.15, -0.1) is 0 Å². The number of aromatic nitrogens is 1. The highest BCUT2D eigenvalue weighted by molar-refractivity contribution is 5.57. The first-order valence-corrected chi connectivity index (χ1v) is 4.29. The lowest BCUT2D eigenvalue weighted by Gasteiger charge is -2.05. The van der Waals surface area contributed by atoms with Crippen LogP contribution in [0.3, 0.4) is 0 Å². The smallest absolute Gasteiger partial charge is 0.311 e. The van der Waals surface area contributed by atoms with Crippen molar-refractivity contribution in [3.8, 4) is 0 Å². The van der Waals surface area contributed by atoms with Crippen LogP contribution in [0.25, 0.3) is 0 Å². The van der Waals surface area contributed by atoms with E-state index in [0.29, 0.717) is 19.0 Å². The van der Waals surface area contributed by atoms with E-state index in [-0.39, 0.29) is 11.5 Å². The van der Waals surface area contributed by atoms with Crippen LogP contribution in [-0.2, 0) is 4.74 Å². The van der Waals surface area contributed by atoms with Gasteiger partial charge in [0.05, 0.1) is 11.5 Å². The van der Waals surface area contributed by atoms with Crippen molar-refractivity contribution < 1.29 is 9.66 Å². The summed E-state index contributed by atoms with van der Waals surface area (Å²) in [5.41, 5.74) is 5.21. The standard InChI is InChI=1S/C8H12N4O3/c1-15-5-4-10-7-3-2-6(12(13)14)8(9)11-7/h2-3H,4-5H2,1H3,(H3,9,10,11). The molecular formula is C8H12N4O3. The second kappa shape index (κ2) is 5.11. The summed E-state index contributed by atoms with van der Waals surface area (Å²) in [7, 11) is 1.58. The summed E-state index contributed by atoms with van der Waals surface area (Å²) in [6, 6.07) is 2.82. The molecule has 0 aromatic carbocycles. The zero-order chi connectivity index (χ0) is 11.3. The monoisotopic (exact) mass is 212 g/mol. The Morgan fingerprint density at radius 1 is 1.67 bits per heavy atom. The number of hydrogen-bond donors (Lipinski definition) is 2. The summed E-state index contributed by atoms with van der Waals surface area (Å²) >= 11 is 0. The molecule has 0 fully saturated rings. The third kappa shape index (κ3) is 3.06. The van der Waals surface area contributed by atoms with Crippen LogP contribution in [0.1, 0.15) is 0 Å². The number of methoxy groups -OCH3 is 1. The van der Waals surface area contributed by atoms with Gasteiger partial charge in [-0.2, -0.15) is 0 Å². The molecule has 7 nitrogen and oxygen atoms in total. The van der Waals surface area contributed by atoms with E-state index >= 15 is 0 Å². The highest BCUT2D eigenvalue weighted by atomic mass is 16.6. The molecular weight excluding hydrogens is 200 g/mol. The van der Waals surface area contributed by atoms with E-state index in [1.54, 1.807) is 7.11 Å². The van der Waals surface area contributed by atoms with E-state index in [1.165, 1.54) is 12.1 Å². The van der Waals surface area contributed by atoms with E-state index < -0.39 is 4.92 Å². The highest BCUT2D eigenvalue weighted by Gasteiger charge is 2.12. The van der Waals surface area contributed by atoms with Gasteiger partial charge >= 0.3 is 5.69 Å². The molecule has 0 atom stereocenters. The number of anilines is 2. The maximum atomic E-state index is 10.4. The Morgan fingerprint density at radius 2 is 2.40 bits per heavy atom. The molecule has 0 amide bonds. The topological polar surface area (TPSA) is 103 Å². The Morgan fingerprint density at radius 3 is 2.93 bits per heavy atom. The molecule has 0 radical (unpaired) electrons. The predicted molar refractivity (Wildman–Crippen MR) is 55.7 cm³/mol. The van der Waals surface area contributed by atoms with Crippen molar-refractivity contribution in [3.05, 3.63) is 22.2 Å². The molecule has 1 heterocycles. The number of nitrogens with one attached hydrogen (secondary N) is 1. The van der Waals surface area contributed by atoms with Gasteiger partial charge in [0.1, 0.15) is 5.82 Å². The molecule has 82 valence electrons. The second-order valence-corrected chi connectivity index (χ2v) is 2.78. The van der Waals surface area contributed by atoms with E-state index in [1.807, 2.05) is 0 Å². The number of nitro groups is 1. The van der Waals surface area contributed by atoms with Gasteiger partial charge in [0.25, 0.3) is 0 Å². The fourth-order valence-electron chi connectivity index (χ4n) is 1.00. The Hall–Kier alpha value is -1.89. The van der Waals surface area contributed by atoms with Crippen molar-refractivity contribution in [2.75, 3.05) is 31.3 Å². The minimum Gasteiger partial charge on any atom is -0.383 e. The van der Waals surface area contributed by atoms with Gasteiger partial charge in [-0.1, -0.05) is 0 Å². The summed E-state index contributed by atoms with van der Waals surface area (Å²) in [4.78, 5) is 13.7. The SMILES string of the molecule is COCCNc1ccc([N+](=O)[O-])c(N)n1. The average Bonchev–Trinajstić information content (AvgIpc) is 2.17. The van der Waals surface area contributed by atoms with Gasteiger partial charge < -0.3 is 15.8 Å². The molecule has 0 saturated heterocycles. The van der Waals surface area contributed by atoms with Gasteiger partial charge in [-0.25, -0.2) is 4.98 Å². The first-order valence-electron chi connectivity index (χ1n) is 4.29. The third-order valence-electron chi connectivity index (χ3n) is 1.71. The largest absolute Gasteiger partial charge is 0.383 e. The van der Waals surface area contributed by atoms with Crippen LogP contribution in [0.2, 0.25) is 0 Å². The van der Waals surface area contributed by atoms with Crippen LogP contribution < -0.4 is 11.1 Å². The third-order valence-corrected chi connectivity index (χ3v) is 1.71. The molecule has 0 unspecified atom stereocenters.